The summed E-state index contributed by atoms with van der Waals surface area (Å²) in [6.45, 7) is 8.44. The minimum atomic E-state index is -0.0956. The molecule has 0 spiro atoms. The lowest BCUT2D eigenvalue weighted by atomic mass is 9.90. The molecule has 98 valence electrons. The minimum Gasteiger partial charge on any atom is -0.396 e. The number of carbonyl (C=O) groups excluding carboxylic acids is 1. The number of urea groups is 1. The molecule has 17 heavy (non-hydrogen) atoms. The summed E-state index contributed by atoms with van der Waals surface area (Å²) < 4.78 is 0. The van der Waals surface area contributed by atoms with Crippen LogP contribution in [0.5, 0.6) is 0 Å². The van der Waals surface area contributed by atoms with Crippen molar-refractivity contribution in [1.82, 2.24) is 15.1 Å². The Balaban J connectivity index is 1.88. The van der Waals surface area contributed by atoms with Crippen LogP contribution in [0.25, 0.3) is 0 Å². The van der Waals surface area contributed by atoms with E-state index in [0.717, 1.165) is 39.1 Å². The Morgan fingerprint density at radius 1 is 1.53 bits per heavy atom. The van der Waals surface area contributed by atoms with Gasteiger partial charge in [-0.05, 0) is 11.8 Å². The molecule has 2 fully saturated rings. The molecule has 0 bridgehead atoms. The van der Waals surface area contributed by atoms with Crippen molar-refractivity contribution in [2.45, 2.75) is 26.3 Å². The second-order valence-corrected chi connectivity index (χ2v) is 5.85. The molecule has 0 unspecified atom stereocenters. The van der Waals surface area contributed by atoms with Crippen LogP contribution in [0, 0.1) is 5.41 Å². The molecule has 2 N–H and O–H groups in total. The molecule has 2 aliphatic heterocycles. The maximum atomic E-state index is 12.1. The van der Waals surface area contributed by atoms with E-state index < -0.39 is 0 Å². The van der Waals surface area contributed by atoms with Crippen molar-refractivity contribution >= 4 is 6.03 Å². The number of aliphatic hydroxyl groups excluding tert-OH is 1. The Bertz CT molecular complexity index is 293. The maximum Gasteiger partial charge on any atom is 0.320 e. The second kappa shape index (κ2) is 4.82. The van der Waals surface area contributed by atoms with Crippen molar-refractivity contribution in [3.8, 4) is 0 Å². The summed E-state index contributed by atoms with van der Waals surface area (Å²) in [6, 6.07) is 0.513. The lowest BCUT2D eigenvalue weighted by Crippen LogP contribution is -2.49. The van der Waals surface area contributed by atoms with Gasteiger partial charge < -0.3 is 20.2 Å². The van der Waals surface area contributed by atoms with Crippen LogP contribution in [0.1, 0.15) is 20.3 Å². The normalized spacial score (nSPS) is 25.4. The molecular formula is C12H23N3O2. The number of nitrogens with one attached hydrogen (secondary N) is 1. The third-order valence-corrected chi connectivity index (χ3v) is 3.78. The maximum absolute atomic E-state index is 12.1. The number of nitrogens with zero attached hydrogens (tertiary/aromatic N) is 2. The van der Waals surface area contributed by atoms with Crippen molar-refractivity contribution in [2.24, 2.45) is 5.41 Å². The van der Waals surface area contributed by atoms with Gasteiger partial charge in [-0.1, -0.05) is 13.8 Å². The molecule has 0 saturated carbocycles. The number of hydrogen-bond donors (Lipinski definition) is 2. The fourth-order valence-corrected chi connectivity index (χ4v) is 2.39. The van der Waals surface area contributed by atoms with Gasteiger partial charge in [0.05, 0.1) is 6.04 Å². The standard InChI is InChI=1S/C12H23N3O2/c1-12(2,9-16)3-5-14-8-10-7-13-4-6-15(10)11(14)17/h10,13,16H,3-9H2,1-2H3/t10-/m0/s1. The zero-order chi connectivity index (χ0) is 12.5. The summed E-state index contributed by atoms with van der Waals surface area (Å²) in [7, 11) is 0. The highest BCUT2D eigenvalue weighted by molar-refractivity contribution is 5.77. The van der Waals surface area contributed by atoms with Gasteiger partial charge in [-0.15, -0.1) is 0 Å². The number of carbonyl (C=O) groups is 1. The molecule has 5 heteroatoms. The van der Waals surface area contributed by atoms with E-state index in [9.17, 15) is 9.90 Å². The number of fused-ring (bicyclic) bond motifs is 1. The lowest BCUT2D eigenvalue weighted by molar-refractivity contribution is 0.135. The van der Waals surface area contributed by atoms with E-state index >= 15 is 0 Å². The average Bonchev–Trinajstić information content (AvgIpc) is 2.65. The first-order valence-electron chi connectivity index (χ1n) is 6.41. The first kappa shape index (κ1) is 12.6. The molecule has 2 aliphatic rings. The minimum absolute atomic E-state index is 0.0956. The van der Waals surface area contributed by atoms with Crippen LogP contribution in [0.15, 0.2) is 0 Å². The number of rotatable bonds is 4. The van der Waals surface area contributed by atoms with Crippen LogP contribution in [0.3, 0.4) is 0 Å². The molecule has 2 heterocycles. The van der Waals surface area contributed by atoms with Gasteiger partial charge in [-0.3, -0.25) is 0 Å². The summed E-state index contributed by atoms with van der Waals surface area (Å²) in [4.78, 5) is 16.0. The summed E-state index contributed by atoms with van der Waals surface area (Å²) >= 11 is 0. The molecule has 5 nitrogen and oxygen atoms in total. The van der Waals surface area contributed by atoms with Crippen LogP contribution in [-0.2, 0) is 0 Å². The van der Waals surface area contributed by atoms with E-state index in [4.69, 9.17) is 0 Å². The van der Waals surface area contributed by atoms with E-state index in [0.29, 0.717) is 6.04 Å². The van der Waals surface area contributed by atoms with Crippen molar-refractivity contribution < 1.29 is 9.90 Å². The van der Waals surface area contributed by atoms with E-state index in [2.05, 4.69) is 5.32 Å². The smallest absolute Gasteiger partial charge is 0.320 e. The zero-order valence-electron chi connectivity index (χ0n) is 10.8. The third-order valence-electron chi connectivity index (χ3n) is 3.78. The molecule has 0 radical (unpaired) electrons. The van der Waals surface area contributed by atoms with Gasteiger partial charge >= 0.3 is 6.03 Å². The van der Waals surface area contributed by atoms with Gasteiger partial charge in [0.25, 0.3) is 0 Å². The highest BCUT2D eigenvalue weighted by Gasteiger charge is 2.38. The van der Waals surface area contributed by atoms with Crippen molar-refractivity contribution in [1.29, 1.82) is 0 Å². The Morgan fingerprint density at radius 2 is 2.29 bits per heavy atom. The van der Waals surface area contributed by atoms with Gasteiger partial charge in [0, 0.05) is 39.3 Å². The Morgan fingerprint density at radius 3 is 2.94 bits per heavy atom. The quantitative estimate of drug-likeness (QED) is 0.734. The summed E-state index contributed by atoms with van der Waals surface area (Å²) in [6.07, 6.45) is 0.850. The molecule has 2 amide bonds. The fourth-order valence-electron chi connectivity index (χ4n) is 2.39. The highest BCUT2D eigenvalue weighted by Crippen LogP contribution is 2.23. The average molecular weight is 241 g/mol. The van der Waals surface area contributed by atoms with Crippen LogP contribution < -0.4 is 5.32 Å². The van der Waals surface area contributed by atoms with Crippen LogP contribution in [-0.4, -0.2) is 66.3 Å². The SMILES string of the molecule is CC(C)(CO)CCN1C[C@@H]2CNCCN2C1=O. The summed E-state index contributed by atoms with van der Waals surface area (Å²) in [5.41, 5.74) is -0.0956. The van der Waals surface area contributed by atoms with E-state index in [1.54, 1.807) is 0 Å². The van der Waals surface area contributed by atoms with E-state index in [1.807, 2.05) is 23.6 Å². The topological polar surface area (TPSA) is 55.8 Å². The number of aliphatic hydroxyl groups is 1. The van der Waals surface area contributed by atoms with Crippen molar-refractivity contribution in [2.75, 3.05) is 39.3 Å². The predicted octanol–water partition coefficient (Wildman–Crippen LogP) is 0.104. The number of amides is 2. The highest BCUT2D eigenvalue weighted by atomic mass is 16.3. The molecule has 0 aromatic carbocycles. The third kappa shape index (κ3) is 2.72. The Labute approximate surface area is 103 Å². The summed E-state index contributed by atoms with van der Waals surface area (Å²) in [5.74, 6) is 0. The number of hydrogen-bond acceptors (Lipinski definition) is 3. The van der Waals surface area contributed by atoms with E-state index in [1.165, 1.54) is 0 Å². The van der Waals surface area contributed by atoms with Gasteiger partial charge in [-0.25, -0.2) is 4.79 Å². The molecule has 0 aromatic heterocycles. The zero-order valence-corrected chi connectivity index (χ0v) is 10.8. The molecule has 2 rings (SSSR count). The number of piperazine rings is 1. The van der Waals surface area contributed by atoms with Gasteiger partial charge in [0.15, 0.2) is 0 Å². The summed E-state index contributed by atoms with van der Waals surface area (Å²) in [5, 5.41) is 12.5. The van der Waals surface area contributed by atoms with Crippen LogP contribution in [0.4, 0.5) is 4.79 Å². The van der Waals surface area contributed by atoms with Crippen molar-refractivity contribution in [3.05, 3.63) is 0 Å². The van der Waals surface area contributed by atoms with Gasteiger partial charge in [-0.2, -0.15) is 0 Å². The van der Waals surface area contributed by atoms with Crippen LogP contribution >= 0.6 is 0 Å². The molecule has 0 aliphatic carbocycles. The molecule has 2 saturated heterocycles. The van der Waals surface area contributed by atoms with Gasteiger partial charge in [0.1, 0.15) is 0 Å². The molecule has 0 aromatic rings. The van der Waals surface area contributed by atoms with Crippen LogP contribution in [0.2, 0.25) is 0 Å². The molecule has 1 atom stereocenters. The van der Waals surface area contributed by atoms with E-state index in [-0.39, 0.29) is 18.1 Å². The molecular weight excluding hydrogens is 218 g/mol. The second-order valence-electron chi connectivity index (χ2n) is 5.85. The first-order valence-corrected chi connectivity index (χ1v) is 6.41. The van der Waals surface area contributed by atoms with Crippen molar-refractivity contribution in [3.63, 3.8) is 0 Å². The Kier molecular flexibility index (Phi) is 3.58. The van der Waals surface area contributed by atoms with Gasteiger partial charge in [0.2, 0.25) is 0 Å². The predicted molar refractivity (Wildman–Crippen MR) is 65.8 cm³/mol. The largest absolute Gasteiger partial charge is 0.396 e. The monoisotopic (exact) mass is 241 g/mol. The fraction of sp³-hybridized carbons (Fsp3) is 0.917. The first-order chi connectivity index (χ1) is 8.03. The Hall–Kier alpha value is -0.810. The lowest BCUT2D eigenvalue weighted by Gasteiger charge is -2.28.